The van der Waals surface area contributed by atoms with E-state index < -0.39 is 15.8 Å². The van der Waals surface area contributed by atoms with E-state index in [1.54, 1.807) is 0 Å². The molecule has 4 nitrogen and oxygen atoms in total. The van der Waals surface area contributed by atoms with Crippen LogP contribution < -0.4 is 42.5 Å². The Hall–Kier alpha value is -7.48. The molecule has 306 valence electrons. The molecule has 6 heteroatoms. The van der Waals surface area contributed by atoms with E-state index in [4.69, 9.17) is 0 Å². The monoisotopic (exact) mass is 860 g/mol. The summed E-state index contributed by atoms with van der Waals surface area (Å²) in [6, 6.07) is 83.4. The van der Waals surface area contributed by atoms with Crippen molar-refractivity contribution in [2.24, 2.45) is 0 Å². The summed E-state index contributed by atoms with van der Waals surface area (Å²) in [5.74, 6) is -0.341. The van der Waals surface area contributed by atoms with Crippen LogP contribution in [-0.4, -0.2) is 11.8 Å². The van der Waals surface area contributed by atoms with Crippen molar-refractivity contribution in [3.05, 3.63) is 254 Å². The molecule has 0 aromatic heterocycles. The molecule has 0 aliphatic heterocycles. The van der Waals surface area contributed by atoms with Gasteiger partial charge in [0.1, 0.15) is 0 Å². The average Bonchev–Trinajstić information content (AvgIpc) is 3.36. The molecule has 0 unspecified atom stereocenters. The Kier molecular flexibility index (Phi) is 11.7. The van der Waals surface area contributed by atoms with Gasteiger partial charge in [-0.15, -0.1) is 0 Å². The predicted octanol–water partition coefficient (Wildman–Crippen LogP) is 11.7. The molecule has 10 aromatic rings. The Labute approximate surface area is 375 Å². The van der Waals surface area contributed by atoms with Gasteiger partial charge in [0, 0.05) is 33.3 Å². The fourth-order valence-electron chi connectivity index (χ4n) is 8.54. The third kappa shape index (κ3) is 8.14. The Morgan fingerprint density at radius 3 is 0.891 bits per heavy atom. The van der Waals surface area contributed by atoms with Gasteiger partial charge >= 0.3 is 0 Å². The summed E-state index contributed by atoms with van der Waals surface area (Å²) in [7, 11) is -2.25. The van der Waals surface area contributed by atoms with Crippen LogP contribution in [0.1, 0.15) is 20.7 Å². The van der Waals surface area contributed by atoms with Crippen LogP contribution in [0.25, 0.3) is 32.7 Å². The fraction of sp³-hybridized carbons (Fsp3) is 0. The first-order valence-electron chi connectivity index (χ1n) is 21.3. The van der Waals surface area contributed by atoms with E-state index >= 15 is 0 Å². The summed E-state index contributed by atoms with van der Waals surface area (Å²) in [5, 5.41) is 17.8. The van der Waals surface area contributed by atoms with E-state index in [-0.39, 0.29) is 11.8 Å². The molecule has 0 spiro atoms. The molecule has 0 heterocycles. The molecule has 64 heavy (non-hydrogen) atoms. The maximum atomic E-state index is 13.9. The number of hydrogen-bond acceptors (Lipinski definition) is 2. The Balaban J connectivity index is 1.32. The zero-order chi connectivity index (χ0) is 43.2. The number of rotatable bonds is 11. The van der Waals surface area contributed by atoms with E-state index in [9.17, 15) is 9.59 Å². The number of carbonyl (C=O) groups is 2. The van der Waals surface area contributed by atoms with Crippen molar-refractivity contribution in [3.63, 3.8) is 0 Å². The van der Waals surface area contributed by atoms with Crippen LogP contribution in [0.5, 0.6) is 0 Å². The van der Waals surface area contributed by atoms with Crippen LogP contribution in [0.3, 0.4) is 0 Å². The molecular weight excluding hydrogens is 819 g/mol. The van der Waals surface area contributed by atoms with Crippen LogP contribution in [0, 0.1) is 0 Å². The van der Waals surface area contributed by atoms with Gasteiger partial charge in [-0.1, -0.05) is 206 Å². The van der Waals surface area contributed by atoms with E-state index in [1.165, 1.54) is 31.8 Å². The quantitative estimate of drug-likeness (QED) is 0.127. The number of anilines is 2. The lowest BCUT2D eigenvalue weighted by Gasteiger charge is -2.29. The molecule has 0 atom stereocenters. The minimum atomic E-state index is -1.12. The van der Waals surface area contributed by atoms with E-state index in [0.717, 1.165) is 44.0 Å². The van der Waals surface area contributed by atoms with Gasteiger partial charge in [-0.3, -0.25) is 9.59 Å². The van der Waals surface area contributed by atoms with Crippen molar-refractivity contribution in [2.75, 3.05) is 10.6 Å². The fourth-order valence-corrected chi connectivity index (χ4v) is 13.5. The summed E-state index contributed by atoms with van der Waals surface area (Å²) in [5.41, 5.74) is 4.83. The summed E-state index contributed by atoms with van der Waals surface area (Å²) in [6.07, 6.45) is 0. The molecule has 10 aromatic carbocycles. The highest BCUT2D eigenvalue weighted by Crippen LogP contribution is 2.47. The van der Waals surface area contributed by atoms with Crippen molar-refractivity contribution in [2.45, 2.75) is 0 Å². The highest BCUT2D eigenvalue weighted by atomic mass is 31.1. The lowest BCUT2D eigenvalue weighted by atomic mass is 9.92. The highest BCUT2D eigenvalue weighted by Gasteiger charge is 2.29. The second-order valence-electron chi connectivity index (χ2n) is 15.4. The lowest BCUT2D eigenvalue weighted by Crippen LogP contribution is -2.26. The largest absolute Gasteiger partial charge is 0.321 e. The average molecular weight is 861 g/mol. The van der Waals surface area contributed by atoms with E-state index in [1.807, 2.05) is 72.8 Å². The SMILES string of the molecule is O=C(Nc1cccc2c(-c3c(P(c4ccccc4)c4ccccc4)ccc4c(NC(=O)c5ccccc5)cccc34)c(P(c3ccccc3)c3ccccc3)ccc12)c1ccccc1. The number of amides is 2. The third-order valence-corrected chi connectivity index (χ3v) is 16.4. The number of hydrogen-bond donors (Lipinski definition) is 2. The lowest BCUT2D eigenvalue weighted by molar-refractivity contribution is 0.101. The Morgan fingerprint density at radius 2 is 0.578 bits per heavy atom. The molecular formula is C58H42N2O2P2. The van der Waals surface area contributed by atoms with Gasteiger partial charge < -0.3 is 10.6 Å². The second-order valence-corrected chi connectivity index (χ2v) is 19.7. The van der Waals surface area contributed by atoms with Crippen LogP contribution in [-0.2, 0) is 0 Å². The first kappa shape index (κ1) is 40.6. The summed E-state index contributed by atoms with van der Waals surface area (Å²) in [6.45, 7) is 0. The molecule has 0 aliphatic carbocycles. The molecule has 2 N–H and O–H groups in total. The molecule has 0 saturated heterocycles. The van der Waals surface area contributed by atoms with Crippen molar-refractivity contribution < 1.29 is 9.59 Å². The summed E-state index contributed by atoms with van der Waals surface area (Å²) >= 11 is 0. The zero-order valence-electron chi connectivity index (χ0n) is 34.8. The number of carbonyl (C=O) groups excluding carboxylic acids is 2. The van der Waals surface area contributed by atoms with Gasteiger partial charge in [0.25, 0.3) is 11.8 Å². The number of nitrogens with one attached hydrogen (secondary N) is 2. The first-order valence-corrected chi connectivity index (χ1v) is 24.0. The maximum absolute atomic E-state index is 13.9. The van der Waals surface area contributed by atoms with Crippen molar-refractivity contribution in [1.29, 1.82) is 0 Å². The van der Waals surface area contributed by atoms with E-state index in [2.05, 4.69) is 180 Å². The van der Waals surface area contributed by atoms with Crippen molar-refractivity contribution in [3.8, 4) is 11.1 Å². The minimum absolute atomic E-state index is 0.170. The minimum Gasteiger partial charge on any atom is -0.321 e. The molecule has 0 saturated carbocycles. The van der Waals surface area contributed by atoms with Gasteiger partial charge in [-0.05, 0) is 106 Å². The van der Waals surface area contributed by atoms with Crippen LogP contribution in [0.4, 0.5) is 11.4 Å². The van der Waals surface area contributed by atoms with Crippen LogP contribution >= 0.6 is 15.8 Å². The van der Waals surface area contributed by atoms with Gasteiger partial charge in [0.2, 0.25) is 0 Å². The zero-order valence-corrected chi connectivity index (χ0v) is 36.6. The van der Waals surface area contributed by atoms with Crippen molar-refractivity contribution >= 4 is 92.4 Å². The predicted molar refractivity (Wildman–Crippen MR) is 273 cm³/mol. The van der Waals surface area contributed by atoms with Crippen LogP contribution in [0.2, 0.25) is 0 Å². The Morgan fingerprint density at radius 1 is 0.281 bits per heavy atom. The summed E-state index contributed by atoms with van der Waals surface area (Å²) < 4.78 is 0. The van der Waals surface area contributed by atoms with Gasteiger partial charge in [-0.25, -0.2) is 0 Å². The van der Waals surface area contributed by atoms with Gasteiger partial charge in [0.15, 0.2) is 0 Å². The normalized spacial score (nSPS) is 11.2. The smallest absolute Gasteiger partial charge is 0.255 e. The number of benzene rings is 10. The van der Waals surface area contributed by atoms with E-state index in [0.29, 0.717) is 11.1 Å². The van der Waals surface area contributed by atoms with Gasteiger partial charge in [-0.2, -0.15) is 0 Å². The second kappa shape index (κ2) is 18.5. The number of fused-ring (bicyclic) bond motifs is 2. The maximum Gasteiger partial charge on any atom is 0.255 e. The molecule has 0 fully saturated rings. The van der Waals surface area contributed by atoms with Crippen molar-refractivity contribution in [1.82, 2.24) is 0 Å². The summed E-state index contributed by atoms with van der Waals surface area (Å²) in [4.78, 5) is 27.8. The molecule has 10 rings (SSSR count). The highest BCUT2D eigenvalue weighted by molar-refractivity contribution is 7.80. The topological polar surface area (TPSA) is 58.2 Å². The standard InChI is InChI=1S/C58H42N2O2P2/c61-57(41-21-7-1-8-22-41)59-51-35-19-33-49-47(51)37-39-53(63(43-25-11-3-12-26-43)44-27-13-4-14-28-44)55(49)56-50-34-20-36-52(60-58(62)42-23-9-2-10-24-42)48(50)38-40-54(56)64(45-29-15-5-16-30-45)46-31-17-6-18-32-46/h1-40H,(H,59,61)(H,60,62). The third-order valence-electron chi connectivity index (χ3n) is 11.4. The molecule has 0 aliphatic rings. The Bertz CT molecular complexity index is 2940. The molecule has 2 amide bonds. The molecule has 0 radical (unpaired) electrons. The van der Waals surface area contributed by atoms with Crippen LogP contribution in [0.15, 0.2) is 243 Å². The molecule has 0 bridgehead atoms. The van der Waals surface area contributed by atoms with Gasteiger partial charge in [0.05, 0.1) is 0 Å². The first-order chi connectivity index (χ1) is 31.6.